The molecule has 1 aromatic rings. The van der Waals surface area contributed by atoms with E-state index in [1.807, 2.05) is 0 Å². The van der Waals surface area contributed by atoms with E-state index in [0.29, 0.717) is 4.90 Å². The van der Waals surface area contributed by atoms with E-state index in [-0.39, 0.29) is 29.7 Å². The number of cyclic esters (lactones) is 1. The zero-order valence-corrected chi connectivity index (χ0v) is 35.2. The largest absolute Gasteiger partial charge is 0.508 e. The summed E-state index contributed by atoms with van der Waals surface area (Å²) in [6.07, 6.45) is -12.0. The fourth-order valence-corrected chi connectivity index (χ4v) is 10.3. The van der Waals surface area contributed by atoms with Crippen LogP contribution in [0.1, 0.15) is 92.4 Å². The number of esters is 2. The molecule has 3 aliphatic carbocycles. The minimum absolute atomic E-state index is 0.0381. The van der Waals surface area contributed by atoms with E-state index >= 15 is 4.79 Å². The summed E-state index contributed by atoms with van der Waals surface area (Å²) in [6.45, 7) is 14.3. The normalized spacial score (nSPS) is 37.0. The quantitative estimate of drug-likeness (QED) is 0.175. The number of aliphatic hydroxyl groups is 4. The molecular formula is C42H55NO16. The van der Waals surface area contributed by atoms with Crippen LogP contribution in [0.5, 0.6) is 0 Å². The lowest BCUT2D eigenvalue weighted by atomic mass is 9.44. The van der Waals surface area contributed by atoms with Gasteiger partial charge in [-0.15, -0.1) is 0 Å². The highest BCUT2D eigenvalue weighted by atomic mass is 16.8. The average molecular weight is 830 g/mol. The van der Waals surface area contributed by atoms with E-state index in [0.717, 1.165) is 7.11 Å². The van der Waals surface area contributed by atoms with Gasteiger partial charge in [0.1, 0.15) is 29.5 Å². The predicted molar refractivity (Wildman–Crippen MR) is 202 cm³/mol. The maximum absolute atomic E-state index is 15.1. The van der Waals surface area contributed by atoms with Crippen LogP contribution < -0.4 is 0 Å². The summed E-state index contributed by atoms with van der Waals surface area (Å²) in [7, 11) is 1.06. The van der Waals surface area contributed by atoms with Gasteiger partial charge in [-0.1, -0.05) is 52.8 Å². The number of Topliss-reactive ketones (excluding diaryl/α,β-unsaturated/α-hetero) is 1. The van der Waals surface area contributed by atoms with Crippen LogP contribution in [0.25, 0.3) is 0 Å². The number of fused-ring (bicyclic) bond motifs is 5. The number of aliphatic hydroxyl groups excluding tert-OH is 3. The first-order valence-corrected chi connectivity index (χ1v) is 19.5. The van der Waals surface area contributed by atoms with Gasteiger partial charge in [-0.05, 0) is 63.3 Å². The molecule has 2 saturated carbocycles. The molecule has 324 valence electrons. The fourth-order valence-electron chi connectivity index (χ4n) is 10.3. The molecule has 11 atom stereocenters. The molecule has 2 amide bonds. The predicted octanol–water partition coefficient (Wildman–Crippen LogP) is 2.78. The van der Waals surface area contributed by atoms with Crippen LogP contribution >= 0.6 is 0 Å². The van der Waals surface area contributed by atoms with Crippen molar-refractivity contribution in [3.63, 3.8) is 0 Å². The highest BCUT2D eigenvalue weighted by Gasteiger charge is 2.79. The number of methoxy groups -OCH3 is 1. The monoisotopic (exact) mass is 829 g/mol. The van der Waals surface area contributed by atoms with Crippen molar-refractivity contribution >= 4 is 35.9 Å². The van der Waals surface area contributed by atoms with Crippen molar-refractivity contribution in [1.82, 2.24) is 4.90 Å². The van der Waals surface area contributed by atoms with E-state index in [4.69, 9.17) is 28.4 Å². The van der Waals surface area contributed by atoms with E-state index < -0.39 is 123 Å². The SMILES string of the molecule is COC(=O)O[C@@]12CO[C@@H]1CC(O)[C@@]1(C)C(=O)[C@H](O)C3=C(C)[C@@](C)(OC(=O)[C@H](O)[C@@H](N4C(=O)OC(C)(C)C4=O)C(C)(C)C)C[C@@](O)(C(OC(=O)c4ccccc4)C12)C3(C)C. The molecule has 1 aromatic carbocycles. The molecule has 4 N–H and O–H groups in total. The van der Waals surface area contributed by atoms with Crippen molar-refractivity contribution in [1.29, 1.82) is 0 Å². The minimum Gasteiger partial charge on any atom is -0.455 e. The Hall–Kier alpha value is -4.42. The number of carbonyl (C=O) groups excluding carboxylic acids is 6. The molecule has 0 aromatic heterocycles. The molecule has 5 aliphatic rings. The first-order chi connectivity index (χ1) is 27.1. The zero-order valence-electron chi connectivity index (χ0n) is 35.2. The van der Waals surface area contributed by atoms with Gasteiger partial charge in [0, 0.05) is 18.3 Å². The Bertz CT molecular complexity index is 1990. The Morgan fingerprint density at radius 1 is 0.966 bits per heavy atom. The second-order valence-corrected chi connectivity index (χ2v) is 19.0. The van der Waals surface area contributed by atoms with Crippen LogP contribution in [0.2, 0.25) is 0 Å². The molecule has 2 heterocycles. The summed E-state index contributed by atoms with van der Waals surface area (Å²) in [6, 6.07) is 6.20. The molecule has 2 bridgehead atoms. The molecule has 0 spiro atoms. The molecule has 2 saturated heterocycles. The van der Waals surface area contributed by atoms with E-state index in [9.17, 15) is 44.4 Å². The van der Waals surface area contributed by atoms with Crippen molar-refractivity contribution in [3.8, 4) is 0 Å². The van der Waals surface area contributed by atoms with Gasteiger partial charge in [-0.2, -0.15) is 0 Å². The number of rotatable bonds is 7. The van der Waals surface area contributed by atoms with Crippen molar-refractivity contribution in [2.45, 2.75) is 141 Å². The Morgan fingerprint density at radius 2 is 1.58 bits per heavy atom. The first kappa shape index (κ1) is 44.1. The number of ketones is 1. The molecular weight excluding hydrogens is 774 g/mol. The number of carbonyl (C=O) groups is 6. The van der Waals surface area contributed by atoms with Crippen LogP contribution in [-0.2, 0) is 42.8 Å². The Morgan fingerprint density at radius 3 is 2.08 bits per heavy atom. The Kier molecular flexibility index (Phi) is 10.5. The minimum atomic E-state index is -2.47. The van der Waals surface area contributed by atoms with E-state index in [1.54, 1.807) is 39.0 Å². The Balaban J connectivity index is 1.55. The lowest BCUT2D eigenvalue weighted by molar-refractivity contribution is -0.345. The maximum Gasteiger partial charge on any atom is 0.508 e. The molecule has 3 unspecified atom stereocenters. The third-order valence-electron chi connectivity index (χ3n) is 13.7. The van der Waals surface area contributed by atoms with Gasteiger partial charge in [0.05, 0.1) is 42.8 Å². The fraction of sp³-hybridized carbons (Fsp3) is 0.667. The number of imide groups is 1. The maximum atomic E-state index is 15.1. The summed E-state index contributed by atoms with van der Waals surface area (Å²) in [5.74, 6) is -5.73. The molecule has 59 heavy (non-hydrogen) atoms. The molecule has 2 aliphatic heterocycles. The van der Waals surface area contributed by atoms with Gasteiger partial charge in [-0.25, -0.2) is 24.1 Å². The van der Waals surface area contributed by atoms with Crippen molar-refractivity contribution in [2.24, 2.45) is 22.2 Å². The number of hydrogen-bond acceptors (Lipinski definition) is 16. The van der Waals surface area contributed by atoms with Gasteiger partial charge in [0.15, 0.2) is 23.1 Å². The highest BCUT2D eigenvalue weighted by Crippen LogP contribution is 2.65. The van der Waals surface area contributed by atoms with E-state index in [2.05, 4.69) is 0 Å². The van der Waals surface area contributed by atoms with Crippen molar-refractivity contribution < 1.29 is 77.6 Å². The lowest BCUT2D eigenvalue weighted by Crippen LogP contribution is -2.82. The van der Waals surface area contributed by atoms with E-state index in [1.165, 1.54) is 60.6 Å². The Labute approximate surface area is 341 Å². The smallest absolute Gasteiger partial charge is 0.455 e. The summed E-state index contributed by atoms with van der Waals surface area (Å²) in [5.41, 5.74) is -12.9. The highest BCUT2D eigenvalue weighted by molar-refractivity contribution is 6.03. The molecule has 0 radical (unpaired) electrons. The standard InChI is InChI=1S/C42H55NO16/c1-20-24-25(45)29(47)40(10)22(44)17-23-41(19-55-23,59-35(52)54-11)27(40)30(56-31(48)21-15-13-12-14-16-21)42(53,37(24,5)6)18-39(20,9)57-32(49)26(46)28(36(2,3)4)43-33(50)38(7,8)58-34(43)51/h12-16,22-23,25-28,30,44-46,53H,17-19H2,1-11H3/t22?,23-,25-,26-,27?,28-,30?,39+,40-,41+,42-/m1/s1. The van der Waals surface area contributed by atoms with Crippen LogP contribution in [0, 0.1) is 22.2 Å². The van der Waals surface area contributed by atoms with Crippen molar-refractivity contribution in [2.75, 3.05) is 13.7 Å². The topological polar surface area (TPSA) is 242 Å². The third kappa shape index (κ3) is 6.37. The third-order valence-corrected chi connectivity index (χ3v) is 13.7. The molecule has 17 nitrogen and oxygen atoms in total. The van der Waals surface area contributed by atoms with Gasteiger partial charge in [0.2, 0.25) is 0 Å². The number of amides is 2. The summed E-state index contributed by atoms with van der Waals surface area (Å²) < 4.78 is 34.4. The summed E-state index contributed by atoms with van der Waals surface area (Å²) in [4.78, 5) is 83.8. The summed E-state index contributed by atoms with van der Waals surface area (Å²) in [5, 5.41) is 49.6. The zero-order chi connectivity index (χ0) is 44.2. The van der Waals surface area contributed by atoms with Crippen LogP contribution in [0.4, 0.5) is 9.59 Å². The molecule has 6 rings (SSSR count). The number of nitrogens with zero attached hydrogens (tertiary/aromatic N) is 1. The van der Waals surface area contributed by atoms with Crippen molar-refractivity contribution in [3.05, 3.63) is 47.0 Å². The first-order valence-electron chi connectivity index (χ1n) is 19.5. The van der Waals surface area contributed by atoms with Crippen LogP contribution in [0.3, 0.4) is 0 Å². The lowest BCUT2D eigenvalue weighted by Gasteiger charge is -2.67. The number of hydrogen-bond donors (Lipinski definition) is 4. The van der Waals surface area contributed by atoms with Gasteiger partial charge < -0.3 is 48.8 Å². The van der Waals surface area contributed by atoms with Gasteiger partial charge >= 0.3 is 24.2 Å². The molecule has 17 heteroatoms. The number of benzene rings is 1. The average Bonchev–Trinajstić information content (AvgIpc) is 3.34. The molecule has 4 fully saturated rings. The van der Waals surface area contributed by atoms with Gasteiger partial charge in [0.25, 0.3) is 5.91 Å². The van der Waals surface area contributed by atoms with Crippen LogP contribution in [0.15, 0.2) is 41.5 Å². The summed E-state index contributed by atoms with van der Waals surface area (Å²) >= 11 is 0. The second-order valence-electron chi connectivity index (χ2n) is 19.0. The second kappa shape index (κ2) is 14.1. The number of ether oxygens (including phenoxy) is 6. The van der Waals surface area contributed by atoms with Crippen LogP contribution in [-0.4, -0.2) is 134 Å². The van der Waals surface area contributed by atoms with Gasteiger partial charge in [-0.3, -0.25) is 9.59 Å².